The fourth-order valence-electron chi connectivity index (χ4n) is 6.37. The van der Waals surface area contributed by atoms with Crippen LogP contribution in [0.2, 0.25) is 0 Å². The van der Waals surface area contributed by atoms with Crippen LogP contribution in [-0.2, 0) is 5.41 Å². The molecular weight excluding hydrogens is 415 g/mol. The summed E-state index contributed by atoms with van der Waals surface area (Å²) in [5, 5.41) is 22.2. The molecular formula is C31H29BO2. The van der Waals surface area contributed by atoms with Gasteiger partial charge in [0, 0.05) is 10.8 Å². The molecule has 3 aliphatic carbocycles. The summed E-state index contributed by atoms with van der Waals surface area (Å²) in [7, 11) is -1.46. The van der Waals surface area contributed by atoms with Crippen LogP contribution in [0.3, 0.4) is 0 Å². The summed E-state index contributed by atoms with van der Waals surface area (Å²) in [6.45, 7) is 11.3. The van der Waals surface area contributed by atoms with Crippen LogP contribution in [0.1, 0.15) is 44.4 Å². The number of rotatable bonds is 2. The van der Waals surface area contributed by atoms with Crippen LogP contribution in [0.5, 0.6) is 0 Å². The maximum atomic E-state index is 9.79. The van der Waals surface area contributed by atoms with Gasteiger partial charge in [0.1, 0.15) is 0 Å². The zero-order chi connectivity index (χ0) is 24.0. The molecule has 0 spiro atoms. The van der Waals surface area contributed by atoms with E-state index in [0.717, 1.165) is 5.56 Å². The molecule has 3 aliphatic rings. The van der Waals surface area contributed by atoms with Crippen molar-refractivity contribution < 1.29 is 10.0 Å². The molecule has 3 aromatic carbocycles. The topological polar surface area (TPSA) is 40.5 Å². The Morgan fingerprint density at radius 1 is 0.794 bits per heavy atom. The first-order chi connectivity index (χ1) is 16.1. The van der Waals surface area contributed by atoms with Crippen molar-refractivity contribution in [2.24, 2.45) is 5.41 Å². The van der Waals surface area contributed by atoms with Crippen molar-refractivity contribution in [2.75, 3.05) is 0 Å². The summed E-state index contributed by atoms with van der Waals surface area (Å²) in [6, 6.07) is 21.3. The summed E-state index contributed by atoms with van der Waals surface area (Å²) >= 11 is 0. The van der Waals surface area contributed by atoms with Gasteiger partial charge in [-0.25, -0.2) is 0 Å². The van der Waals surface area contributed by atoms with Crippen molar-refractivity contribution in [3.05, 3.63) is 105 Å². The maximum Gasteiger partial charge on any atom is 0.488 e. The molecule has 0 bridgehead atoms. The molecule has 0 radical (unpaired) electrons. The Balaban J connectivity index is 1.64. The van der Waals surface area contributed by atoms with E-state index in [2.05, 4.69) is 95.3 Å². The van der Waals surface area contributed by atoms with Crippen molar-refractivity contribution in [3.63, 3.8) is 0 Å². The highest BCUT2D eigenvalue weighted by molar-refractivity contribution is 6.58. The quantitative estimate of drug-likeness (QED) is 0.587. The Morgan fingerprint density at radius 3 is 2.29 bits per heavy atom. The Morgan fingerprint density at radius 2 is 1.56 bits per heavy atom. The molecule has 3 heteroatoms. The van der Waals surface area contributed by atoms with Crippen LogP contribution in [0.15, 0.2) is 77.9 Å². The van der Waals surface area contributed by atoms with E-state index in [0.29, 0.717) is 5.46 Å². The van der Waals surface area contributed by atoms with Gasteiger partial charge in [-0.2, -0.15) is 0 Å². The zero-order valence-electron chi connectivity index (χ0n) is 20.4. The van der Waals surface area contributed by atoms with Crippen LogP contribution < -0.4 is 15.9 Å². The summed E-state index contributed by atoms with van der Waals surface area (Å²) in [6.07, 6.45) is 4.79. The number of aryl methyl sites for hydroxylation is 1. The van der Waals surface area contributed by atoms with E-state index in [1.165, 1.54) is 55.0 Å². The van der Waals surface area contributed by atoms with Gasteiger partial charge in [0.15, 0.2) is 0 Å². The summed E-state index contributed by atoms with van der Waals surface area (Å²) in [5.74, 6) is 0. The fourth-order valence-corrected chi connectivity index (χ4v) is 6.37. The van der Waals surface area contributed by atoms with E-state index >= 15 is 0 Å². The van der Waals surface area contributed by atoms with E-state index < -0.39 is 7.12 Å². The second kappa shape index (κ2) is 6.94. The highest BCUT2D eigenvalue weighted by Crippen LogP contribution is 2.58. The molecule has 168 valence electrons. The van der Waals surface area contributed by atoms with Crippen LogP contribution in [0.4, 0.5) is 0 Å². The van der Waals surface area contributed by atoms with Crippen LogP contribution in [0.25, 0.3) is 28.3 Å². The highest BCUT2D eigenvalue weighted by Gasteiger charge is 2.46. The van der Waals surface area contributed by atoms with E-state index in [-0.39, 0.29) is 10.8 Å². The average molecular weight is 444 g/mol. The van der Waals surface area contributed by atoms with E-state index in [1.807, 2.05) is 12.1 Å². The first kappa shape index (κ1) is 21.4. The van der Waals surface area contributed by atoms with Gasteiger partial charge in [-0.15, -0.1) is 0 Å². The van der Waals surface area contributed by atoms with Crippen molar-refractivity contribution in [1.29, 1.82) is 0 Å². The maximum absolute atomic E-state index is 9.79. The standard InChI is InChI=1S/C31H29BO2/c1-18-8-6-7-9-22(18)19-10-11-20-15-25-28(24(20)14-19)30(2,3)17-26-23-13-12-21(32(33)34)16-27(23)31(4,5)29(25)26/h6-17,33-34H,1-5H3. The smallest absolute Gasteiger partial charge is 0.423 e. The molecule has 0 atom stereocenters. The number of hydrogen-bond acceptors (Lipinski definition) is 2. The normalized spacial score (nSPS) is 18.6. The van der Waals surface area contributed by atoms with Gasteiger partial charge in [0.25, 0.3) is 0 Å². The minimum atomic E-state index is -1.46. The fraction of sp³-hybridized carbons (Fsp3) is 0.226. The van der Waals surface area contributed by atoms with Gasteiger partial charge in [0.2, 0.25) is 0 Å². The molecule has 0 aliphatic heterocycles. The van der Waals surface area contributed by atoms with Gasteiger partial charge >= 0.3 is 7.12 Å². The Labute approximate surface area is 201 Å². The van der Waals surface area contributed by atoms with Crippen molar-refractivity contribution in [2.45, 2.75) is 40.0 Å². The molecule has 0 fully saturated rings. The first-order valence-corrected chi connectivity index (χ1v) is 12.0. The van der Waals surface area contributed by atoms with Gasteiger partial charge < -0.3 is 10.0 Å². The van der Waals surface area contributed by atoms with Crippen molar-refractivity contribution in [1.82, 2.24) is 0 Å². The molecule has 0 amide bonds. The van der Waals surface area contributed by atoms with E-state index in [9.17, 15) is 10.0 Å². The van der Waals surface area contributed by atoms with Gasteiger partial charge in [-0.3, -0.25) is 0 Å². The van der Waals surface area contributed by atoms with Crippen LogP contribution in [0, 0.1) is 12.3 Å². The third kappa shape index (κ3) is 2.84. The SMILES string of the molecule is Cc1ccccc1-c1ccc2c(c1)=C1C(=C3C(=CC1(C)C)c1ccc(B(O)O)cc1C3(C)C)C=2. The lowest BCUT2D eigenvalue weighted by atomic mass is 9.68. The molecule has 34 heavy (non-hydrogen) atoms. The predicted molar refractivity (Wildman–Crippen MR) is 142 cm³/mol. The Kier molecular flexibility index (Phi) is 4.37. The lowest BCUT2D eigenvalue weighted by Crippen LogP contribution is -2.31. The molecule has 3 aromatic rings. The molecule has 2 nitrogen and oxygen atoms in total. The van der Waals surface area contributed by atoms with Gasteiger partial charge in [0.05, 0.1) is 0 Å². The largest absolute Gasteiger partial charge is 0.488 e. The number of allylic oxidation sites excluding steroid dienone is 4. The Bertz CT molecular complexity index is 1580. The number of hydrogen-bond donors (Lipinski definition) is 2. The summed E-state index contributed by atoms with van der Waals surface area (Å²) in [4.78, 5) is 0. The van der Waals surface area contributed by atoms with Crippen LogP contribution in [-0.4, -0.2) is 17.2 Å². The highest BCUT2D eigenvalue weighted by atomic mass is 16.4. The third-order valence-electron chi connectivity index (χ3n) is 7.97. The first-order valence-electron chi connectivity index (χ1n) is 12.0. The molecule has 0 aromatic heterocycles. The zero-order valence-corrected chi connectivity index (χ0v) is 20.4. The number of fused-ring (bicyclic) bond motifs is 5. The summed E-state index contributed by atoms with van der Waals surface area (Å²) < 4.78 is 0. The number of benzene rings is 3. The molecule has 0 saturated carbocycles. The second-order valence-corrected chi connectivity index (χ2v) is 11.0. The average Bonchev–Trinajstić information content (AvgIpc) is 3.26. The molecule has 0 heterocycles. The van der Waals surface area contributed by atoms with Crippen LogP contribution >= 0.6 is 0 Å². The lowest BCUT2D eigenvalue weighted by Gasteiger charge is -2.34. The second-order valence-electron chi connectivity index (χ2n) is 11.0. The minimum Gasteiger partial charge on any atom is -0.423 e. The van der Waals surface area contributed by atoms with Gasteiger partial charge in [-0.05, 0) is 85.1 Å². The van der Waals surface area contributed by atoms with Crippen molar-refractivity contribution in [3.8, 4) is 11.1 Å². The van der Waals surface area contributed by atoms with E-state index in [1.54, 1.807) is 0 Å². The van der Waals surface area contributed by atoms with Gasteiger partial charge in [-0.1, -0.05) is 88.4 Å². The predicted octanol–water partition coefficient (Wildman–Crippen LogP) is 4.00. The molecule has 0 saturated heterocycles. The Hall–Kier alpha value is -3.14. The molecule has 2 N–H and O–H groups in total. The molecule has 0 unspecified atom stereocenters. The van der Waals surface area contributed by atoms with E-state index in [4.69, 9.17) is 0 Å². The summed E-state index contributed by atoms with van der Waals surface area (Å²) in [5.41, 5.74) is 11.7. The van der Waals surface area contributed by atoms with Crippen molar-refractivity contribution >= 4 is 29.8 Å². The third-order valence-corrected chi connectivity index (χ3v) is 7.97. The molecule has 6 rings (SSSR count). The lowest BCUT2D eigenvalue weighted by molar-refractivity contribution is 0.425. The minimum absolute atomic E-state index is 0.132. The monoisotopic (exact) mass is 444 g/mol.